The van der Waals surface area contributed by atoms with Crippen molar-refractivity contribution in [2.45, 2.75) is 0 Å². The lowest BCUT2D eigenvalue weighted by Gasteiger charge is -2.10. The maximum atomic E-state index is 11.5. The molecule has 0 heterocycles. The summed E-state index contributed by atoms with van der Waals surface area (Å²) in [5, 5.41) is 0. The molecule has 0 atom stereocenters. The lowest BCUT2D eigenvalue weighted by atomic mass is 10.3. The minimum absolute atomic E-state index is 0.232. The van der Waals surface area contributed by atoms with Crippen LogP contribution in [0.5, 0.6) is 0 Å². The number of hydrogen-bond acceptors (Lipinski definition) is 3. The highest BCUT2D eigenvalue weighted by Gasteiger charge is 2.10. The Morgan fingerprint density at radius 3 is 2.69 bits per heavy atom. The van der Waals surface area contributed by atoms with Gasteiger partial charge in [-0.1, -0.05) is 12.1 Å². The van der Waals surface area contributed by atoms with Gasteiger partial charge in [0.1, 0.15) is 0 Å². The van der Waals surface area contributed by atoms with E-state index in [9.17, 15) is 8.42 Å². The standard InChI is InChI=1S/C9H13BrN2O3S/c1-15-7-6-11-16(13,14)12-9-5-3-2-4-8(9)10/h2-5,11-12H,6-7H2,1H3. The summed E-state index contributed by atoms with van der Waals surface area (Å²) < 4.78 is 33.2. The Bertz CT molecular complexity index is 436. The SMILES string of the molecule is COCCNS(=O)(=O)Nc1ccccc1Br. The Balaban J connectivity index is 2.63. The number of halogens is 1. The van der Waals surface area contributed by atoms with Gasteiger partial charge in [0.25, 0.3) is 10.2 Å². The zero-order valence-electron chi connectivity index (χ0n) is 8.73. The fourth-order valence-corrected chi connectivity index (χ4v) is 2.41. The van der Waals surface area contributed by atoms with Gasteiger partial charge in [-0.3, -0.25) is 4.72 Å². The summed E-state index contributed by atoms with van der Waals surface area (Å²) in [5.74, 6) is 0. The Morgan fingerprint density at radius 2 is 2.06 bits per heavy atom. The molecule has 16 heavy (non-hydrogen) atoms. The average Bonchev–Trinajstić information content (AvgIpc) is 2.21. The Morgan fingerprint density at radius 1 is 1.38 bits per heavy atom. The molecular weight excluding hydrogens is 296 g/mol. The molecule has 2 N–H and O–H groups in total. The van der Waals surface area contributed by atoms with E-state index in [2.05, 4.69) is 25.4 Å². The van der Waals surface area contributed by atoms with Gasteiger partial charge in [-0.15, -0.1) is 0 Å². The van der Waals surface area contributed by atoms with Crippen molar-refractivity contribution in [3.05, 3.63) is 28.7 Å². The van der Waals surface area contributed by atoms with Crippen LogP contribution in [0.15, 0.2) is 28.7 Å². The second-order valence-corrected chi connectivity index (χ2v) is 5.33. The number of hydrogen-bond donors (Lipinski definition) is 2. The van der Waals surface area contributed by atoms with Crippen LogP contribution < -0.4 is 9.44 Å². The third-order valence-corrected chi connectivity index (χ3v) is 3.48. The number of rotatable bonds is 6. The maximum absolute atomic E-state index is 11.5. The number of anilines is 1. The quantitative estimate of drug-likeness (QED) is 0.779. The summed E-state index contributed by atoms with van der Waals surface area (Å²) in [4.78, 5) is 0. The molecule has 90 valence electrons. The van der Waals surface area contributed by atoms with Gasteiger partial charge in [-0.2, -0.15) is 13.1 Å². The summed E-state index contributed by atoms with van der Waals surface area (Å²) in [6.07, 6.45) is 0. The summed E-state index contributed by atoms with van der Waals surface area (Å²) >= 11 is 3.25. The molecule has 0 amide bonds. The third kappa shape index (κ3) is 4.48. The third-order valence-electron chi connectivity index (χ3n) is 1.72. The average molecular weight is 309 g/mol. The molecule has 0 aliphatic rings. The predicted molar refractivity (Wildman–Crippen MR) is 66.6 cm³/mol. The van der Waals surface area contributed by atoms with E-state index in [-0.39, 0.29) is 6.54 Å². The molecule has 5 nitrogen and oxygen atoms in total. The van der Waals surface area contributed by atoms with Gasteiger partial charge in [0, 0.05) is 18.1 Å². The van der Waals surface area contributed by atoms with Crippen molar-refractivity contribution < 1.29 is 13.2 Å². The molecule has 0 saturated heterocycles. The number of ether oxygens (including phenoxy) is 1. The van der Waals surface area contributed by atoms with Crippen molar-refractivity contribution in [3.8, 4) is 0 Å². The van der Waals surface area contributed by atoms with Crippen molar-refractivity contribution in [1.29, 1.82) is 0 Å². The largest absolute Gasteiger partial charge is 0.383 e. The van der Waals surface area contributed by atoms with Crippen LogP contribution in [0.1, 0.15) is 0 Å². The van der Waals surface area contributed by atoms with Crippen LogP contribution in [0, 0.1) is 0 Å². The number of methoxy groups -OCH3 is 1. The van der Waals surface area contributed by atoms with E-state index in [0.29, 0.717) is 16.8 Å². The molecule has 0 aliphatic carbocycles. The first-order valence-corrected chi connectivity index (χ1v) is 6.83. The van der Waals surface area contributed by atoms with Crippen LogP contribution in [0.4, 0.5) is 5.69 Å². The van der Waals surface area contributed by atoms with E-state index >= 15 is 0 Å². The molecule has 0 fully saturated rings. The van der Waals surface area contributed by atoms with Crippen LogP contribution in [-0.4, -0.2) is 28.7 Å². The van der Waals surface area contributed by atoms with Gasteiger partial charge in [0.2, 0.25) is 0 Å². The van der Waals surface area contributed by atoms with E-state index in [0.717, 1.165) is 0 Å². The van der Waals surface area contributed by atoms with Gasteiger partial charge in [-0.05, 0) is 28.1 Å². The zero-order chi connectivity index (χ0) is 12.0. The molecule has 0 saturated carbocycles. The van der Waals surface area contributed by atoms with Gasteiger partial charge in [0.05, 0.1) is 12.3 Å². The molecule has 0 radical (unpaired) electrons. The first kappa shape index (κ1) is 13.4. The number of nitrogens with one attached hydrogen (secondary N) is 2. The molecule has 0 spiro atoms. The lowest BCUT2D eigenvalue weighted by molar-refractivity contribution is 0.204. The van der Waals surface area contributed by atoms with Crippen LogP contribution in [0.25, 0.3) is 0 Å². The van der Waals surface area contributed by atoms with Crippen molar-refractivity contribution >= 4 is 31.8 Å². The first-order chi connectivity index (χ1) is 7.55. The lowest BCUT2D eigenvalue weighted by Crippen LogP contribution is -2.32. The van der Waals surface area contributed by atoms with Crippen molar-refractivity contribution in [2.75, 3.05) is 25.0 Å². The number of para-hydroxylation sites is 1. The summed E-state index contributed by atoms with van der Waals surface area (Å²) in [7, 11) is -2.03. The molecular formula is C9H13BrN2O3S. The fourth-order valence-electron chi connectivity index (χ4n) is 1.00. The molecule has 0 aliphatic heterocycles. The maximum Gasteiger partial charge on any atom is 0.299 e. The molecule has 0 unspecified atom stereocenters. The van der Waals surface area contributed by atoms with Crippen molar-refractivity contribution in [2.24, 2.45) is 0 Å². The van der Waals surface area contributed by atoms with Crippen LogP contribution >= 0.6 is 15.9 Å². The van der Waals surface area contributed by atoms with Gasteiger partial charge in [-0.25, -0.2) is 0 Å². The topological polar surface area (TPSA) is 67.4 Å². The monoisotopic (exact) mass is 308 g/mol. The fraction of sp³-hybridized carbons (Fsp3) is 0.333. The Hall–Kier alpha value is -0.630. The normalized spacial score (nSPS) is 11.4. The molecule has 7 heteroatoms. The van der Waals surface area contributed by atoms with Crippen LogP contribution in [0.2, 0.25) is 0 Å². The highest BCUT2D eigenvalue weighted by atomic mass is 79.9. The van der Waals surface area contributed by atoms with Gasteiger partial charge < -0.3 is 4.74 Å². The smallest absolute Gasteiger partial charge is 0.299 e. The molecule has 1 aromatic rings. The molecule has 0 bridgehead atoms. The minimum Gasteiger partial charge on any atom is -0.383 e. The van der Waals surface area contributed by atoms with E-state index < -0.39 is 10.2 Å². The molecule has 1 aromatic carbocycles. The predicted octanol–water partition coefficient (Wildman–Crippen LogP) is 1.34. The van der Waals surface area contributed by atoms with E-state index in [1.165, 1.54) is 7.11 Å². The summed E-state index contributed by atoms with van der Waals surface area (Å²) in [5.41, 5.74) is 0.493. The first-order valence-electron chi connectivity index (χ1n) is 4.56. The Labute approximate surface area is 104 Å². The Kier molecular flexibility index (Phi) is 5.20. The van der Waals surface area contributed by atoms with E-state index in [1.807, 2.05) is 0 Å². The highest BCUT2D eigenvalue weighted by molar-refractivity contribution is 9.10. The van der Waals surface area contributed by atoms with Gasteiger partial charge in [0.15, 0.2) is 0 Å². The highest BCUT2D eigenvalue weighted by Crippen LogP contribution is 2.21. The minimum atomic E-state index is -3.54. The number of benzene rings is 1. The zero-order valence-corrected chi connectivity index (χ0v) is 11.1. The van der Waals surface area contributed by atoms with E-state index in [1.54, 1.807) is 24.3 Å². The second kappa shape index (κ2) is 6.19. The summed E-state index contributed by atoms with van der Waals surface area (Å²) in [6, 6.07) is 6.98. The van der Waals surface area contributed by atoms with Gasteiger partial charge >= 0.3 is 0 Å². The van der Waals surface area contributed by atoms with Crippen molar-refractivity contribution in [3.63, 3.8) is 0 Å². The second-order valence-electron chi connectivity index (χ2n) is 2.97. The van der Waals surface area contributed by atoms with Crippen molar-refractivity contribution in [1.82, 2.24) is 4.72 Å². The van der Waals surface area contributed by atoms with Crippen LogP contribution in [0.3, 0.4) is 0 Å². The van der Waals surface area contributed by atoms with E-state index in [4.69, 9.17) is 4.74 Å². The molecule has 1 rings (SSSR count). The van der Waals surface area contributed by atoms with Crippen LogP contribution in [-0.2, 0) is 14.9 Å². The molecule has 0 aromatic heterocycles. The summed E-state index contributed by atoms with van der Waals surface area (Å²) in [6.45, 7) is 0.563.